The number of nitrogens with one attached hydrogen (secondary N) is 1. The topological polar surface area (TPSA) is 73.2 Å². The number of amides is 1. The number of nitrogens with zero attached hydrogens (tertiary/aromatic N) is 2. The van der Waals surface area contributed by atoms with Crippen LogP contribution in [0.3, 0.4) is 0 Å². The number of carbonyl (C=O) groups is 2. The van der Waals surface area contributed by atoms with Gasteiger partial charge in [0.15, 0.2) is 11.9 Å². The van der Waals surface area contributed by atoms with Gasteiger partial charge in [-0.15, -0.1) is 0 Å². The van der Waals surface area contributed by atoms with Crippen LogP contribution in [0.2, 0.25) is 10.0 Å². The third-order valence-corrected chi connectivity index (χ3v) is 4.81. The minimum Gasteiger partial charge on any atom is -0.449 e. The van der Waals surface area contributed by atoms with Crippen molar-refractivity contribution in [2.75, 3.05) is 5.32 Å². The van der Waals surface area contributed by atoms with Crippen LogP contribution in [0.25, 0.3) is 0 Å². The smallest absolute Gasteiger partial charge is 0.340 e. The zero-order valence-corrected chi connectivity index (χ0v) is 16.2. The van der Waals surface area contributed by atoms with Gasteiger partial charge >= 0.3 is 5.97 Å². The molecule has 1 fully saturated rings. The molecule has 2 aromatic rings. The van der Waals surface area contributed by atoms with E-state index in [9.17, 15) is 9.59 Å². The lowest BCUT2D eigenvalue weighted by molar-refractivity contribution is -0.123. The second-order valence-electron chi connectivity index (χ2n) is 6.41. The summed E-state index contributed by atoms with van der Waals surface area (Å²) < 4.78 is 7.47. The molecule has 2 aromatic heterocycles. The van der Waals surface area contributed by atoms with Crippen molar-refractivity contribution in [1.82, 2.24) is 9.55 Å². The fraction of sp³-hybridized carbons (Fsp3) is 0.389. The highest BCUT2D eigenvalue weighted by atomic mass is 35.5. The average molecular weight is 396 g/mol. The third-order valence-electron chi connectivity index (χ3n) is 4.32. The molecule has 1 amide bonds. The van der Waals surface area contributed by atoms with Crippen LogP contribution in [0.5, 0.6) is 0 Å². The molecule has 0 unspecified atom stereocenters. The van der Waals surface area contributed by atoms with Gasteiger partial charge in [0.2, 0.25) is 0 Å². The van der Waals surface area contributed by atoms with Crippen LogP contribution in [0.15, 0.2) is 18.3 Å². The van der Waals surface area contributed by atoms with Crippen molar-refractivity contribution in [3.05, 3.63) is 45.3 Å². The lowest BCUT2D eigenvalue weighted by atomic mass is 10.2. The molecule has 0 radical (unpaired) electrons. The van der Waals surface area contributed by atoms with Crippen LogP contribution < -0.4 is 5.32 Å². The van der Waals surface area contributed by atoms with Crippen molar-refractivity contribution in [2.24, 2.45) is 0 Å². The van der Waals surface area contributed by atoms with Crippen LogP contribution in [-0.2, 0) is 9.53 Å². The van der Waals surface area contributed by atoms with Gasteiger partial charge in [-0.2, -0.15) is 0 Å². The number of aryl methyl sites for hydroxylation is 1. The van der Waals surface area contributed by atoms with E-state index in [1.165, 1.54) is 19.2 Å². The SMILES string of the molecule is Cc1cc(C(=O)O[C@H](C)C(=O)Nc2ncc(Cl)cc2Cl)c(C)n1C1CC1. The minimum absolute atomic E-state index is 0.163. The van der Waals surface area contributed by atoms with E-state index in [2.05, 4.69) is 14.9 Å². The van der Waals surface area contributed by atoms with Crippen molar-refractivity contribution in [1.29, 1.82) is 0 Å². The largest absolute Gasteiger partial charge is 0.449 e. The van der Waals surface area contributed by atoms with Gasteiger partial charge < -0.3 is 14.6 Å². The summed E-state index contributed by atoms with van der Waals surface area (Å²) in [7, 11) is 0. The van der Waals surface area contributed by atoms with Gasteiger partial charge in [0.1, 0.15) is 0 Å². The van der Waals surface area contributed by atoms with E-state index < -0.39 is 18.0 Å². The zero-order chi connectivity index (χ0) is 19.0. The molecule has 1 aliphatic carbocycles. The summed E-state index contributed by atoms with van der Waals surface area (Å²) in [5, 5.41) is 3.10. The molecule has 3 rings (SSSR count). The van der Waals surface area contributed by atoms with Crippen molar-refractivity contribution in [3.63, 3.8) is 0 Å². The van der Waals surface area contributed by atoms with Crippen LogP contribution >= 0.6 is 23.2 Å². The zero-order valence-electron chi connectivity index (χ0n) is 14.7. The molecule has 26 heavy (non-hydrogen) atoms. The summed E-state index contributed by atoms with van der Waals surface area (Å²) in [6.07, 6.45) is 2.61. The lowest BCUT2D eigenvalue weighted by Crippen LogP contribution is -2.30. The van der Waals surface area contributed by atoms with E-state index in [0.717, 1.165) is 24.2 Å². The minimum atomic E-state index is -1.000. The number of ether oxygens (including phenoxy) is 1. The van der Waals surface area contributed by atoms with E-state index in [-0.39, 0.29) is 10.8 Å². The molecule has 2 heterocycles. The Hall–Kier alpha value is -2.05. The van der Waals surface area contributed by atoms with Crippen molar-refractivity contribution in [2.45, 2.75) is 45.8 Å². The number of carbonyl (C=O) groups excluding carboxylic acids is 2. The predicted molar refractivity (Wildman–Crippen MR) is 99.9 cm³/mol. The number of anilines is 1. The first-order valence-corrected chi connectivity index (χ1v) is 9.05. The van der Waals surface area contributed by atoms with E-state index in [4.69, 9.17) is 27.9 Å². The molecular weight excluding hydrogens is 377 g/mol. The Morgan fingerprint density at radius 1 is 1.31 bits per heavy atom. The van der Waals surface area contributed by atoms with Crippen LogP contribution in [-0.4, -0.2) is 27.5 Å². The molecule has 1 N–H and O–H groups in total. The Morgan fingerprint density at radius 2 is 2.00 bits per heavy atom. The fourth-order valence-electron chi connectivity index (χ4n) is 2.88. The monoisotopic (exact) mass is 395 g/mol. The Bertz CT molecular complexity index is 875. The fourth-order valence-corrected chi connectivity index (χ4v) is 3.31. The maximum Gasteiger partial charge on any atom is 0.340 e. The lowest BCUT2D eigenvalue weighted by Gasteiger charge is -2.14. The number of pyridine rings is 1. The first-order chi connectivity index (χ1) is 12.3. The van der Waals surface area contributed by atoms with Crippen molar-refractivity contribution >= 4 is 40.9 Å². The highest BCUT2D eigenvalue weighted by Gasteiger charge is 2.29. The standard InChI is InChI=1S/C18H19Cl2N3O3/c1-9-6-14(10(2)23(9)13-4-5-13)18(25)26-11(3)17(24)22-16-15(20)7-12(19)8-21-16/h6-8,11,13H,4-5H2,1-3H3,(H,21,22,24)/t11-/m1/s1. The van der Waals surface area contributed by atoms with Crippen LogP contribution in [0.4, 0.5) is 5.82 Å². The maximum absolute atomic E-state index is 12.5. The van der Waals surface area contributed by atoms with Gasteiger partial charge in [-0.25, -0.2) is 9.78 Å². The summed E-state index contributed by atoms with van der Waals surface area (Å²) >= 11 is 11.8. The first-order valence-electron chi connectivity index (χ1n) is 8.29. The second-order valence-corrected chi connectivity index (χ2v) is 7.25. The summed E-state index contributed by atoms with van der Waals surface area (Å²) in [5.74, 6) is -0.884. The molecule has 0 bridgehead atoms. The molecule has 1 saturated carbocycles. The number of halogens is 2. The van der Waals surface area contributed by atoms with Gasteiger partial charge in [-0.1, -0.05) is 23.2 Å². The van der Waals surface area contributed by atoms with E-state index >= 15 is 0 Å². The maximum atomic E-state index is 12.5. The Morgan fingerprint density at radius 3 is 2.62 bits per heavy atom. The van der Waals surface area contributed by atoms with Crippen LogP contribution in [0, 0.1) is 13.8 Å². The Kier molecular flexibility index (Phi) is 5.25. The number of rotatable bonds is 5. The number of esters is 1. The highest BCUT2D eigenvalue weighted by Crippen LogP contribution is 2.38. The Labute approximate surface area is 161 Å². The molecule has 8 heteroatoms. The van der Waals surface area contributed by atoms with E-state index in [0.29, 0.717) is 16.6 Å². The second kappa shape index (κ2) is 7.29. The van der Waals surface area contributed by atoms with Gasteiger partial charge in [-0.05, 0) is 45.7 Å². The average Bonchev–Trinajstić information content (AvgIpc) is 3.35. The normalized spacial score (nSPS) is 14.8. The predicted octanol–water partition coefficient (Wildman–Crippen LogP) is 4.33. The van der Waals surface area contributed by atoms with Crippen molar-refractivity contribution < 1.29 is 14.3 Å². The molecule has 138 valence electrons. The third kappa shape index (κ3) is 3.86. The quantitative estimate of drug-likeness (QED) is 0.764. The summed E-state index contributed by atoms with van der Waals surface area (Å²) in [6, 6.07) is 3.74. The van der Waals surface area contributed by atoms with Crippen molar-refractivity contribution in [3.8, 4) is 0 Å². The molecular formula is C18H19Cl2N3O3. The summed E-state index contributed by atoms with van der Waals surface area (Å²) in [4.78, 5) is 28.7. The van der Waals surface area contributed by atoms with E-state index in [1.54, 1.807) is 6.07 Å². The molecule has 0 saturated heterocycles. The van der Waals surface area contributed by atoms with Gasteiger partial charge in [0, 0.05) is 23.6 Å². The molecule has 1 atom stereocenters. The van der Waals surface area contributed by atoms with Gasteiger partial charge in [0.05, 0.1) is 15.6 Å². The summed E-state index contributed by atoms with van der Waals surface area (Å²) in [5.41, 5.74) is 2.37. The Balaban J connectivity index is 1.67. The molecule has 6 nitrogen and oxygen atoms in total. The number of hydrogen-bond acceptors (Lipinski definition) is 4. The molecule has 0 aromatic carbocycles. The first kappa shape index (κ1) is 18.7. The molecule has 1 aliphatic rings. The highest BCUT2D eigenvalue weighted by molar-refractivity contribution is 6.36. The summed E-state index contributed by atoms with van der Waals surface area (Å²) in [6.45, 7) is 5.35. The van der Waals surface area contributed by atoms with Gasteiger partial charge in [-0.3, -0.25) is 4.79 Å². The molecule has 0 aliphatic heterocycles. The van der Waals surface area contributed by atoms with Gasteiger partial charge in [0.25, 0.3) is 5.91 Å². The number of aromatic nitrogens is 2. The van der Waals surface area contributed by atoms with E-state index in [1.807, 2.05) is 13.8 Å². The van der Waals surface area contributed by atoms with Crippen LogP contribution in [0.1, 0.15) is 47.6 Å². The number of hydrogen-bond donors (Lipinski definition) is 1. The molecule has 0 spiro atoms.